The number of rotatable bonds is 0. The lowest BCUT2D eigenvalue weighted by Crippen LogP contribution is -1.78. The number of fused-ring (bicyclic) bond motifs is 1. The second-order valence-corrected chi connectivity index (χ2v) is 4.14. The number of thiophene rings is 1. The molecule has 0 aromatic carbocycles. The number of halogens is 1. The van der Waals surface area contributed by atoms with E-state index in [-0.39, 0.29) is 0 Å². The zero-order valence-corrected chi connectivity index (χ0v) is 8.37. The largest absolute Gasteiger partial charge is 0.254 e. The second kappa shape index (κ2) is 2.57. The van der Waals surface area contributed by atoms with Gasteiger partial charge in [0.2, 0.25) is 0 Å². The quantitative estimate of drug-likeness (QED) is 0.673. The van der Waals surface area contributed by atoms with Gasteiger partial charge in [0.15, 0.2) is 0 Å². The highest BCUT2D eigenvalue weighted by atomic mass is 79.9. The number of hydrogen-bond acceptors (Lipinski definition) is 2. The van der Waals surface area contributed by atoms with Gasteiger partial charge in [0, 0.05) is 10.7 Å². The molecule has 2 heterocycles. The molecule has 0 N–H and O–H groups in total. The van der Waals surface area contributed by atoms with Crippen LogP contribution in [-0.2, 0) is 0 Å². The van der Waals surface area contributed by atoms with Crippen LogP contribution in [0.25, 0.3) is 10.2 Å². The van der Waals surface area contributed by atoms with Crippen LogP contribution in [0.2, 0.25) is 0 Å². The molecule has 0 aliphatic rings. The van der Waals surface area contributed by atoms with Gasteiger partial charge in [0.25, 0.3) is 0 Å². The smallest absolute Gasteiger partial charge is 0.0813 e. The van der Waals surface area contributed by atoms with E-state index in [2.05, 4.69) is 33.2 Å². The fourth-order valence-corrected chi connectivity index (χ4v) is 2.31. The van der Waals surface area contributed by atoms with Crippen LogP contribution in [0, 0.1) is 6.92 Å². The van der Waals surface area contributed by atoms with Crippen LogP contribution in [0.5, 0.6) is 0 Å². The lowest BCUT2D eigenvalue weighted by atomic mass is 10.3. The Morgan fingerprint density at radius 3 is 3.18 bits per heavy atom. The standard InChI is InChI=1S/C8H6BrNS/c1-5-6(9)4-10-7-2-3-11-8(5)7/h2-4H,1H3. The third-order valence-corrected chi connectivity index (χ3v) is 3.48. The molecule has 56 valence electrons. The Hall–Kier alpha value is -0.410. The number of pyridine rings is 1. The normalized spacial score (nSPS) is 10.7. The Morgan fingerprint density at radius 1 is 1.55 bits per heavy atom. The Labute approximate surface area is 77.2 Å². The monoisotopic (exact) mass is 227 g/mol. The number of hydrogen-bond donors (Lipinski definition) is 0. The van der Waals surface area contributed by atoms with E-state index in [1.807, 2.05) is 12.3 Å². The molecular formula is C8H6BrNS. The number of aromatic nitrogens is 1. The predicted molar refractivity (Wildman–Crippen MR) is 52.1 cm³/mol. The van der Waals surface area contributed by atoms with E-state index in [1.165, 1.54) is 10.3 Å². The van der Waals surface area contributed by atoms with Gasteiger partial charge in [-0.2, -0.15) is 0 Å². The maximum Gasteiger partial charge on any atom is 0.0813 e. The lowest BCUT2D eigenvalue weighted by Gasteiger charge is -1.96. The SMILES string of the molecule is Cc1c(Br)cnc2ccsc12. The fourth-order valence-electron chi connectivity index (χ4n) is 1.02. The van der Waals surface area contributed by atoms with Crippen LogP contribution in [0.1, 0.15) is 5.56 Å². The molecule has 0 aliphatic carbocycles. The van der Waals surface area contributed by atoms with E-state index in [4.69, 9.17) is 0 Å². The fraction of sp³-hybridized carbons (Fsp3) is 0.125. The van der Waals surface area contributed by atoms with Gasteiger partial charge in [-0.1, -0.05) is 0 Å². The van der Waals surface area contributed by atoms with Gasteiger partial charge >= 0.3 is 0 Å². The highest BCUT2D eigenvalue weighted by Crippen LogP contribution is 2.27. The van der Waals surface area contributed by atoms with E-state index in [9.17, 15) is 0 Å². The summed E-state index contributed by atoms with van der Waals surface area (Å²) >= 11 is 5.18. The third kappa shape index (κ3) is 1.08. The molecule has 0 atom stereocenters. The number of aryl methyl sites for hydroxylation is 1. The molecular weight excluding hydrogens is 222 g/mol. The molecule has 1 nitrogen and oxygen atoms in total. The molecule has 2 rings (SSSR count). The van der Waals surface area contributed by atoms with E-state index < -0.39 is 0 Å². The van der Waals surface area contributed by atoms with Crippen molar-refractivity contribution in [3.05, 3.63) is 27.7 Å². The van der Waals surface area contributed by atoms with Crippen molar-refractivity contribution in [2.75, 3.05) is 0 Å². The summed E-state index contributed by atoms with van der Waals surface area (Å²) in [7, 11) is 0. The van der Waals surface area contributed by atoms with Crippen LogP contribution in [0.3, 0.4) is 0 Å². The van der Waals surface area contributed by atoms with Crippen LogP contribution < -0.4 is 0 Å². The van der Waals surface area contributed by atoms with Crippen molar-refractivity contribution >= 4 is 37.5 Å². The highest BCUT2D eigenvalue weighted by molar-refractivity contribution is 9.10. The van der Waals surface area contributed by atoms with Crippen LogP contribution in [-0.4, -0.2) is 4.98 Å². The Morgan fingerprint density at radius 2 is 2.36 bits per heavy atom. The average Bonchev–Trinajstić information content (AvgIpc) is 2.45. The summed E-state index contributed by atoms with van der Waals surface area (Å²) in [5.41, 5.74) is 2.38. The Bertz CT molecular complexity index is 394. The van der Waals surface area contributed by atoms with E-state index >= 15 is 0 Å². The molecule has 0 unspecified atom stereocenters. The van der Waals surface area contributed by atoms with Gasteiger partial charge in [0.05, 0.1) is 10.2 Å². The summed E-state index contributed by atoms with van der Waals surface area (Å²) in [6.45, 7) is 2.10. The Kier molecular flexibility index (Phi) is 1.69. The van der Waals surface area contributed by atoms with Crippen molar-refractivity contribution in [3.63, 3.8) is 0 Å². The lowest BCUT2D eigenvalue weighted by molar-refractivity contribution is 1.35. The molecule has 2 aromatic heterocycles. The topological polar surface area (TPSA) is 12.9 Å². The maximum absolute atomic E-state index is 4.27. The van der Waals surface area contributed by atoms with Crippen LogP contribution in [0.15, 0.2) is 22.1 Å². The van der Waals surface area contributed by atoms with Gasteiger partial charge in [-0.05, 0) is 39.9 Å². The van der Waals surface area contributed by atoms with Gasteiger partial charge in [-0.15, -0.1) is 11.3 Å². The minimum absolute atomic E-state index is 1.09. The minimum atomic E-state index is 1.09. The highest BCUT2D eigenvalue weighted by Gasteiger charge is 2.02. The molecule has 0 saturated carbocycles. The summed E-state index contributed by atoms with van der Waals surface area (Å²) in [4.78, 5) is 4.27. The number of nitrogens with zero attached hydrogens (tertiary/aromatic N) is 1. The van der Waals surface area contributed by atoms with E-state index in [1.54, 1.807) is 11.3 Å². The van der Waals surface area contributed by atoms with Crippen LogP contribution in [0.4, 0.5) is 0 Å². The van der Waals surface area contributed by atoms with E-state index in [0.717, 1.165) is 9.99 Å². The van der Waals surface area contributed by atoms with Crippen molar-refractivity contribution in [1.82, 2.24) is 4.98 Å². The maximum atomic E-state index is 4.27. The molecule has 11 heavy (non-hydrogen) atoms. The summed E-state index contributed by atoms with van der Waals surface area (Å²) in [6.07, 6.45) is 1.85. The van der Waals surface area contributed by atoms with Gasteiger partial charge in [0.1, 0.15) is 0 Å². The summed E-state index contributed by atoms with van der Waals surface area (Å²) < 4.78 is 2.37. The van der Waals surface area contributed by atoms with E-state index in [0.29, 0.717) is 0 Å². The molecule has 0 amide bonds. The molecule has 3 heteroatoms. The summed E-state index contributed by atoms with van der Waals surface area (Å²) in [5.74, 6) is 0. The first-order chi connectivity index (χ1) is 5.29. The molecule has 0 fully saturated rings. The molecule has 0 radical (unpaired) electrons. The summed E-state index contributed by atoms with van der Waals surface area (Å²) in [6, 6.07) is 2.04. The van der Waals surface area contributed by atoms with Gasteiger partial charge < -0.3 is 0 Å². The molecule has 0 aliphatic heterocycles. The van der Waals surface area contributed by atoms with Crippen molar-refractivity contribution in [2.45, 2.75) is 6.92 Å². The van der Waals surface area contributed by atoms with Crippen molar-refractivity contribution in [1.29, 1.82) is 0 Å². The zero-order valence-electron chi connectivity index (χ0n) is 5.97. The van der Waals surface area contributed by atoms with Gasteiger partial charge in [-0.25, -0.2) is 0 Å². The van der Waals surface area contributed by atoms with Crippen molar-refractivity contribution in [3.8, 4) is 0 Å². The van der Waals surface area contributed by atoms with Crippen molar-refractivity contribution in [2.24, 2.45) is 0 Å². The van der Waals surface area contributed by atoms with Gasteiger partial charge in [-0.3, -0.25) is 4.98 Å². The Balaban J connectivity index is 2.93. The third-order valence-electron chi connectivity index (χ3n) is 1.66. The second-order valence-electron chi connectivity index (χ2n) is 2.37. The van der Waals surface area contributed by atoms with Crippen LogP contribution >= 0.6 is 27.3 Å². The minimum Gasteiger partial charge on any atom is -0.254 e. The molecule has 0 spiro atoms. The average molecular weight is 228 g/mol. The first-order valence-electron chi connectivity index (χ1n) is 3.27. The first-order valence-corrected chi connectivity index (χ1v) is 4.94. The summed E-state index contributed by atoms with van der Waals surface area (Å²) in [5, 5.41) is 2.07. The molecule has 0 bridgehead atoms. The predicted octanol–water partition coefficient (Wildman–Crippen LogP) is 3.37. The van der Waals surface area contributed by atoms with Crippen molar-refractivity contribution < 1.29 is 0 Å². The molecule has 2 aromatic rings. The first kappa shape index (κ1) is 7.25. The zero-order chi connectivity index (χ0) is 7.84. The molecule has 0 saturated heterocycles.